The van der Waals surface area contributed by atoms with E-state index in [9.17, 15) is 5.11 Å². The van der Waals surface area contributed by atoms with Crippen LogP contribution >= 0.6 is 0 Å². The Kier molecular flexibility index (Phi) is 3.42. The summed E-state index contributed by atoms with van der Waals surface area (Å²) < 4.78 is 2.27. The summed E-state index contributed by atoms with van der Waals surface area (Å²) in [4.78, 5) is 2.11. The van der Waals surface area contributed by atoms with Crippen molar-refractivity contribution >= 4 is 17.7 Å². The van der Waals surface area contributed by atoms with Crippen LogP contribution in [0.15, 0.2) is 36.4 Å². The molecule has 1 N–H and O–H groups in total. The van der Waals surface area contributed by atoms with Crippen LogP contribution in [0.1, 0.15) is 16.7 Å². The number of phenolic OH excluding ortho intramolecular Hbond substituents is 1. The Bertz CT molecular complexity index is 696. The average molecular weight is 281 g/mol. The number of hydrogen-bond acceptors (Lipinski definition) is 2. The minimum Gasteiger partial charge on any atom is -0.504 e. The average Bonchev–Trinajstić information content (AvgIpc) is 2.87. The smallest absolute Gasteiger partial charge is 0.244 e. The lowest BCUT2D eigenvalue weighted by Gasteiger charge is -2.09. The van der Waals surface area contributed by atoms with Crippen LogP contribution in [0.25, 0.3) is 0 Å². The predicted molar refractivity (Wildman–Crippen MR) is 87.0 cm³/mol. The molecule has 21 heavy (non-hydrogen) atoms. The molecule has 0 atom stereocenters. The van der Waals surface area contributed by atoms with Gasteiger partial charge in [-0.15, -0.1) is 0 Å². The molecule has 0 spiro atoms. The topological polar surface area (TPSA) is 26.5 Å². The number of hydrogen-bond donors (Lipinski definition) is 1. The molecule has 2 aromatic rings. The van der Waals surface area contributed by atoms with Crippen molar-refractivity contribution in [1.82, 2.24) is 0 Å². The summed E-state index contributed by atoms with van der Waals surface area (Å²) >= 11 is 0. The Morgan fingerprint density at radius 2 is 1.71 bits per heavy atom. The second-order valence-electron chi connectivity index (χ2n) is 5.74. The van der Waals surface area contributed by atoms with Gasteiger partial charge in [-0.2, -0.15) is 0 Å². The van der Waals surface area contributed by atoms with Crippen LogP contribution in [0.3, 0.4) is 0 Å². The number of aromatic hydroxyl groups is 1. The molecule has 0 radical (unpaired) electrons. The van der Waals surface area contributed by atoms with E-state index in [0.717, 1.165) is 18.8 Å². The summed E-state index contributed by atoms with van der Waals surface area (Å²) in [6.45, 7) is 8.26. The van der Waals surface area contributed by atoms with Gasteiger partial charge in [0.25, 0.3) is 0 Å². The first-order valence-electron chi connectivity index (χ1n) is 7.30. The highest BCUT2D eigenvalue weighted by Crippen LogP contribution is 2.30. The Balaban J connectivity index is 1.99. The van der Waals surface area contributed by atoms with E-state index in [-0.39, 0.29) is 0 Å². The van der Waals surface area contributed by atoms with E-state index in [1.54, 1.807) is 6.07 Å². The highest BCUT2D eigenvalue weighted by atomic mass is 16.3. The zero-order valence-corrected chi connectivity index (χ0v) is 12.8. The first kappa shape index (κ1) is 13.7. The summed E-state index contributed by atoms with van der Waals surface area (Å²) in [7, 11) is 0. The van der Waals surface area contributed by atoms with Crippen LogP contribution in [0.4, 0.5) is 11.4 Å². The van der Waals surface area contributed by atoms with Crippen LogP contribution in [0.5, 0.6) is 5.75 Å². The zero-order valence-electron chi connectivity index (χ0n) is 12.8. The van der Waals surface area contributed by atoms with E-state index in [2.05, 4.69) is 48.7 Å². The summed E-state index contributed by atoms with van der Waals surface area (Å²) in [5.41, 5.74) is 6.03. The monoisotopic (exact) mass is 281 g/mol. The molecule has 0 saturated heterocycles. The van der Waals surface area contributed by atoms with Gasteiger partial charge in [0, 0.05) is 0 Å². The summed E-state index contributed by atoms with van der Waals surface area (Å²) in [6, 6.07) is 11.9. The second kappa shape index (κ2) is 5.24. The molecular formula is C18H21N2O+. The van der Waals surface area contributed by atoms with Gasteiger partial charge in [-0.25, -0.2) is 9.48 Å². The number of para-hydroxylation sites is 2. The first-order valence-corrected chi connectivity index (χ1v) is 7.30. The van der Waals surface area contributed by atoms with E-state index in [0.29, 0.717) is 5.75 Å². The molecular weight excluding hydrogens is 260 g/mol. The number of phenols is 1. The van der Waals surface area contributed by atoms with E-state index >= 15 is 0 Å². The van der Waals surface area contributed by atoms with Crippen molar-refractivity contribution in [1.29, 1.82) is 0 Å². The van der Waals surface area contributed by atoms with Gasteiger partial charge >= 0.3 is 0 Å². The Labute approximate surface area is 125 Å². The summed E-state index contributed by atoms with van der Waals surface area (Å²) in [5.74, 6) is 0.327. The normalized spacial score (nSPS) is 14.4. The molecule has 3 rings (SSSR count). The van der Waals surface area contributed by atoms with Crippen molar-refractivity contribution in [2.45, 2.75) is 20.8 Å². The molecule has 3 nitrogen and oxygen atoms in total. The van der Waals surface area contributed by atoms with Crippen molar-refractivity contribution in [2.24, 2.45) is 0 Å². The predicted octanol–water partition coefficient (Wildman–Crippen LogP) is 3.51. The first-order chi connectivity index (χ1) is 10.1. The van der Waals surface area contributed by atoms with Gasteiger partial charge in [-0.1, -0.05) is 29.8 Å². The van der Waals surface area contributed by atoms with Crippen molar-refractivity contribution in [2.75, 3.05) is 18.0 Å². The van der Waals surface area contributed by atoms with Gasteiger partial charge < -0.3 is 5.11 Å². The number of aryl methyl sites for hydroxylation is 3. The molecule has 0 aliphatic carbocycles. The number of nitrogens with zero attached hydrogens (tertiary/aromatic N) is 2. The van der Waals surface area contributed by atoms with Crippen LogP contribution < -0.4 is 4.90 Å². The van der Waals surface area contributed by atoms with Gasteiger partial charge in [0.1, 0.15) is 18.8 Å². The third-order valence-corrected chi connectivity index (χ3v) is 3.97. The SMILES string of the molecule is Cc1cc(C)c([N+]2=CN(c3ccccc3O)CC2)c(C)c1. The maximum Gasteiger partial charge on any atom is 0.244 e. The Morgan fingerprint density at radius 3 is 2.38 bits per heavy atom. The van der Waals surface area contributed by atoms with Gasteiger partial charge in [-0.3, -0.25) is 0 Å². The molecule has 0 fully saturated rings. The quantitative estimate of drug-likeness (QED) is 0.853. The van der Waals surface area contributed by atoms with Gasteiger partial charge in [0.05, 0.1) is 0 Å². The maximum absolute atomic E-state index is 9.99. The molecule has 0 aromatic heterocycles. The third-order valence-electron chi connectivity index (χ3n) is 3.97. The van der Waals surface area contributed by atoms with E-state index in [4.69, 9.17) is 0 Å². The molecule has 0 saturated carbocycles. The third kappa shape index (κ3) is 2.51. The lowest BCUT2D eigenvalue weighted by molar-refractivity contribution is -0.425. The summed E-state index contributed by atoms with van der Waals surface area (Å²) in [5, 5.41) is 9.99. The molecule has 108 valence electrons. The molecule has 1 aliphatic rings. The van der Waals surface area contributed by atoms with Crippen LogP contribution in [0, 0.1) is 20.8 Å². The highest BCUT2D eigenvalue weighted by molar-refractivity contribution is 5.81. The van der Waals surface area contributed by atoms with E-state index in [1.165, 1.54) is 22.4 Å². The molecule has 3 heteroatoms. The van der Waals surface area contributed by atoms with Crippen molar-refractivity contribution < 1.29 is 9.68 Å². The van der Waals surface area contributed by atoms with Crippen LogP contribution in [-0.2, 0) is 0 Å². The Morgan fingerprint density at radius 1 is 1.05 bits per heavy atom. The lowest BCUT2D eigenvalue weighted by Crippen LogP contribution is -2.17. The van der Waals surface area contributed by atoms with Crippen LogP contribution in [-0.4, -0.2) is 29.1 Å². The summed E-state index contributed by atoms with van der Waals surface area (Å²) in [6.07, 6.45) is 2.10. The maximum atomic E-state index is 9.99. The minimum atomic E-state index is 0.327. The van der Waals surface area contributed by atoms with Crippen LogP contribution in [0.2, 0.25) is 0 Å². The molecule has 1 heterocycles. The fraction of sp³-hybridized carbons (Fsp3) is 0.278. The molecule has 1 aliphatic heterocycles. The van der Waals surface area contributed by atoms with E-state index < -0.39 is 0 Å². The largest absolute Gasteiger partial charge is 0.504 e. The lowest BCUT2D eigenvalue weighted by atomic mass is 10.0. The number of rotatable bonds is 2. The highest BCUT2D eigenvalue weighted by Gasteiger charge is 2.26. The van der Waals surface area contributed by atoms with Gasteiger partial charge in [0.15, 0.2) is 11.4 Å². The zero-order chi connectivity index (χ0) is 15.0. The Hall–Kier alpha value is -2.29. The minimum absolute atomic E-state index is 0.327. The van der Waals surface area contributed by atoms with Crippen molar-refractivity contribution in [3.05, 3.63) is 53.1 Å². The number of anilines is 1. The standard InChI is InChI=1S/C18H20N2O/c1-13-10-14(2)18(15(3)11-13)20-9-8-19(12-20)16-6-4-5-7-17(16)21/h4-7,10-12H,8-9H2,1-3H3/p+1. The number of benzene rings is 2. The molecule has 0 amide bonds. The fourth-order valence-electron chi connectivity index (χ4n) is 3.18. The van der Waals surface area contributed by atoms with E-state index in [1.807, 2.05) is 18.2 Å². The molecule has 0 unspecified atom stereocenters. The second-order valence-corrected chi connectivity index (χ2v) is 5.74. The van der Waals surface area contributed by atoms with Crippen molar-refractivity contribution in [3.63, 3.8) is 0 Å². The molecule has 0 bridgehead atoms. The van der Waals surface area contributed by atoms with Crippen molar-refractivity contribution in [3.8, 4) is 5.75 Å². The van der Waals surface area contributed by atoms with Gasteiger partial charge in [-0.05, 0) is 44.0 Å². The fourth-order valence-corrected chi connectivity index (χ4v) is 3.18. The van der Waals surface area contributed by atoms with Gasteiger partial charge in [0.2, 0.25) is 6.34 Å². The molecule has 2 aromatic carbocycles.